The Labute approximate surface area is 194 Å². The van der Waals surface area contributed by atoms with Crippen molar-refractivity contribution in [2.75, 3.05) is 16.8 Å². The first kappa shape index (κ1) is 19.7. The Balaban J connectivity index is 1.68. The van der Waals surface area contributed by atoms with Crippen LogP contribution in [0.15, 0.2) is 78.9 Å². The van der Waals surface area contributed by atoms with Crippen molar-refractivity contribution in [1.29, 1.82) is 0 Å². The molecule has 162 valence electrons. The van der Waals surface area contributed by atoms with Gasteiger partial charge < -0.3 is 16.8 Å². The van der Waals surface area contributed by atoms with Gasteiger partial charge in [-0.3, -0.25) is 0 Å². The molecule has 1 aliphatic carbocycles. The monoisotopic (exact) mass is 429 g/mol. The summed E-state index contributed by atoms with van der Waals surface area (Å²) in [6.07, 6.45) is 0. The lowest BCUT2D eigenvalue weighted by Crippen LogP contribution is -2.15. The van der Waals surface area contributed by atoms with Gasteiger partial charge in [0.05, 0.1) is 5.69 Å². The van der Waals surface area contributed by atoms with E-state index in [2.05, 4.69) is 92.8 Å². The molecule has 0 unspecified atom stereocenters. The van der Waals surface area contributed by atoms with E-state index in [9.17, 15) is 0 Å². The highest BCUT2D eigenvalue weighted by molar-refractivity contribution is 6.14. The Morgan fingerprint density at radius 3 is 2.09 bits per heavy atom. The van der Waals surface area contributed by atoms with Gasteiger partial charge in [0.1, 0.15) is 0 Å². The van der Waals surface area contributed by atoms with Crippen LogP contribution in [0.3, 0.4) is 0 Å². The van der Waals surface area contributed by atoms with Gasteiger partial charge in [0.25, 0.3) is 0 Å². The number of hydrogen-bond acceptors (Lipinski definition) is 3. The molecule has 0 atom stereocenters. The number of nitrogens with one attached hydrogen (secondary N) is 1. The normalized spacial score (nSPS) is 13.8. The minimum atomic E-state index is -0.102. The second kappa shape index (κ2) is 6.76. The van der Waals surface area contributed by atoms with Gasteiger partial charge >= 0.3 is 0 Å². The Kier molecular flexibility index (Phi) is 4.03. The third-order valence-electron chi connectivity index (χ3n) is 7.12. The van der Waals surface area contributed by atoms with E-state index in [1.54, 1.807) is 0 Å². The third-order valence-corrected chi connectivity index (χ3v) is 7.12. The summed E-state index contributed by atoms with van der Waals surface area (Å²) in [5, 5.41) is 8.41. The van der Waals surface area contributed by atoms with Gasteiger partial charge in [0.15, 0.2) is 0 Å². The maximum atomic E-state index is 6.21. The zero-order valence-corrected chi connectivity index (χ0v) is 19.2. The SMILES string of the molecule is Cc1ccc(Nc2c3cc(N)ccc3cc3cc4c(cc23)-c2ccc(N)cc2C4(C)C)cc1. The molecule has 6 rings (SSSR count). The van der Waals surface area contributed by atoms with Crippen LogP contribution in [0.4, 0.5) is 22.7 Å². The van der Waals surface area contributed by atoms with Crippen LogP contribution >= 0.6 is 0 Å². The molecule has 0 heterocycles. The van der Waals surface area contributed by atoms with E-state index < -0.39 is 0 Å². The number of nitrogens with two attached hydrogens (primary N) is 2. The van der Waals surface area contributed by atoms with Gasteiger partial charge in [-0.15, -0.1) is 0 Å². The van der Waals surface area contributed by atoms with E-state index in [1.807, 2.05) is 12.1 Å². The summed E-state index contributed by atoms with van der Waals surface area (Å²) < 4.78 is 0. The quantitative estimate of drug-likeness (QED) is 0.201. The molecular weight excluding hydrogens is 402 g/mol. The second-order valence-corrected chi connectivity index (χ2v) is 9.77. The average Bonchev–Trinajstić information content (AvgIpc) is 3.00. The van der Waals surface area contributed by atoms with Gasteiger partial charge in [-0.1, -0.05) is 43.7 Å². The van der Waals surface area contributed by atoms with E-state index >= 15 is 0 Å². The van der Waals surface area contributed by atoms with Crippen LogP contribution in [0.2, 0.25) is 0 Å². The molecular formula is C30H27N3. The van der Waals surface area contributed by atoms with Crippen molar-refractivity contribution >= 4 is 44.3 Å². The van der Waals surface area contributed by atoms with E-state index in [4.69, 9.17) is 11.5 Å². The van der Waals surface area contributed by atoms with Crippen LogP contribution in [0.1, 0.15) is 30.5 Å². The van der Waals surface area contributed by atoms with Crippen molar-refractivity contribution in [3.05, 3.63) is 95.6 Å². The molecule has 0 saturated heterocycles. The van der Waals surface area contributed by atoms with Crippen molar-refractivity contribution in [1.82, 2.24) is 0 Å². The molecule has 5 aromatic rings. The van der Waals surface area contributed by atoms with Crippen LogP contribution in [-0.4, -0.2) is 0 Å². The van der Waals surface area contributed by atoms with Crippen LogP contribution in [0.25, 0.3) is 32.7 Å². The largest absolute Gasteiger partial charge is 0.399 e. The number of hydrogen-bond donors (Lipinski definition) is 3. The Hall–Kier alpha value is -3.98. The van der Waals surface area contributed by atoms with Crippen LogP contribution in [-0.2, 0) is 5.41 Å². The summed E-state index contributed by atoms with van der Waals surface area (Å²) in [5.74, 6) is 0. The summed E-state index contributed by atoms with van der Waals surface area (Å²) in [6.45, 7) is 6.68. The fourth-order valence-corrected chi connectivity index (χ4v) is 5.30. The zero-order chi connectivity index (χ0) is 22.9. The molecule has 3 heteroatoms. The minimum absolute atomic E-state index is 0.102. The molecule has 33 heavy (non-hydrogen) atoms. The maximum absolute atomic E-state index is 6.21. The minimum Gasteiger partial charge on any atom is -0.399 e. The fraction of sp³-hybridized carbons (Fsp3) is 0.133. The summed E-state index contributed by atoms with van der Waals surface area (Å²) in [4.78, 5) is 0. The first-order valence-electron chi connectivity index (χ1n) is 11.4. The van der Waals surface area contributed by atoms with Crippen LogP contribution in [0.5, 0.6) is 0 Å². The van der Waals surface area contributed by atoms with Crippen molar-refractivity contribution in [3.8, 4) is 11.1 Å². The molecule has 0 saturated carbocycles. The van der Waals surface area contributed by atoms with Crippen LogP contribution < -0.4 is 16.8 Å². The molecule has 0 spiro atoms. The van der Waals surface area contributed by atoms with E-state index in [1.165, 1.54) is 44.0 Å². The molecule has 0 aliphatic heterocycles. The third kappa shape index (κ3) is 2.96. The van der Waals surface area contributed by atoms with E-state index in [0.29, 0.717) is 0 Å². The second-order valence-electron chi connectivity index (χ2n) is 9.77. The molecule has 1 aliphatic rings. The smallest absolute Gasteiger partial charge is 0.0544 e. The highest BCUT2D eigenvalue weighted by atomic mass is 14.9. The van der Waals surface area contributed by atoms with Crippen molar-refractivity contribution in [2.45, 2.75) is 26.2 Å². The number of rotatable bonds is 2. The number of aryl methyl sites for hydroxylation is 1. The Morgan fingerprint density at radius 2 is 1.30 bits per heavy atom. The van der Waals surface area contributed by atoms with E-state index in [0.717, 1.165) is 28.1 Å². The Morgan fingerprint density at radius 1 is 0.636 bits per heavy atom. The van der Waals surface area contributed by atoms with Gasteiger partial charge in [-0.2, -0.15) is 0 Å². The van der Waals surface area contributed by atoms with Gasteiger partial charge in [-0.05, 0) is 94.5 Å². The van der Waals surface area contributed by atoms with Crippen molar-refractivity contribution < 1.29 is 0 Å². The predicted molar refractivity (Wildman–Crippen MR) is 142 cm³/mol. The molecule has 0 aromatic heterocycles. The summed E-state index contributed by atoms with van der Waals surface area (Å²) in [5.41, 5.74) is 22.4. The van der Waals surface area contributed by atoms with Gasteiger partial charge in [0.2, 0.25) is 0 Å². The molecule has 0 bridgehead atoms. The number of benzene rings is 5. The molecule has 0 amide bonds. The molecule has 5 aromatic carbocycles. The number of anilines is 4. The van der Waals surface area contributed by atoms with Crippen LogP contribution in [0, 0.1) is 6.92 Å². The lowest BCUT2D eigenvalue weighted by atomic mass is 9.81. The first-order valence-corrected chi connectivity index (χ1v) is 11.4. The molecule has 0 fully saturated rings. The Bertz CT molecular complexity index is 1580. The van der Waals surface area contributed by atoms with E-state index in [-0.39, 0.29) is 5.41 Å². The standard InChI is InChI=1S/C30H27N3/c1-17-4-9-22(10-5-17)33-29-24-14-20(31)7-6-18(24)12-19-13-27-26(16-25(19)29)23-11-8-21(32)15-28(23)30(27,2)3/h4-16,33H,31-32H2,1-3H3. The predicted octanol–water partition coefficient (Wildman–Crippen LogP) is 7.52. The molecule has 3 nitrogen and oxygen atoms in total. The maximum Gasteiger partial charge on any atom is 0.0544 e. The lowest BCUT2D eigenvalue weighted by molar-refractivity contribution is 0.661. The fourth-order valence-electron chi connectivity index (χ4n) is 5.30. The van der Waals surface area contributed by atoms with Crippen molar-refractivity contribution in [2.24, 2.45) is 0 Å². The zero-order valence-electron chi connectivity index (χ0n) is 19.2. The first-order chi connectivity index (χ1) is 15.8. The summed E-state index contributed by atoms with van der Waals surface area (Å²) in [7, 11) is 0. The lowest BCUT2D eigenvalue weighted by Gasteiger charge is -2.22. The summed E-state index contributed by atoms with van der Waals surface area (Å²) in [6, 6.07) is 27.9. The average molecular weight is 430 g/mol. The number of nitrogen functional groups attached to an aromatic ring is 2. The summed E-state index contributed by atoms with van der Waals surface area (Å²) >= 11 is 0. The molecule has 5 N–H and O–H groups in total. The number of fused-ring (bicyclic) bond motifs is 5. The highest BCUT2D eigenvalue weighted by Gasteiger charge is 2.36. The van der Waals surface area contributed by atoms with Crippen molar-refractivity contribution in [3.63, 3.8) is 0 Å². The highest BCUT2D eigenvalue weighted by Crippen LogP contribution is 2.51. The molecule has 0 radical (unpaired) electrons. The van der Waals surface area contributed by atoms with Gasteiger partial charge in [-0.25, -0.2) is 0 Å². The van der Waals surface area contributed by atoms with Gasteiger partial charge in [0, 0.05) is 33.2 Å². The topological polar surface area (TPSA) is 64.1 Å².